The fourth-order valence-corrected chi connectivity index (χ4v) is 10.6. The predicted molar refractivity (Wildman–Crippen MR) is 253 cm³/mol. The number of ether oxygens (including phenoxy) is 2. The van der Waals surface area contributed by atoms with Crippen LogP contribution in [0.25, 0.3) is 33.2 Å². The van der Waals surface area contributed by atoms with Crippen molar-refractivity contribution in [2.75, 3.05) is 27.3 Å². The van der Waals surface area contributed by atoms with Gasteiger partial charge in [-0.2, -0.15) is 0 Å². The quantitative estimate of drug-likeness (QED) is 0.108. The van der Waals surface area contributed by atoms with Crippen LogP contribution in [0.15, 0.2) is 78.4 Å². The van der Waals surface area contributed by atoms with Gasteiger partial charge in [-0.05, 0) is 121 Å². The number of hydrogen-bond acceptors (Lipinski definition) is 8. The number of benzene rings is 3. The first-order valence-electron chi connectivity index (χ1n) is 23.7. The van der Waals surface area contributed by atoms with E-state index in [9.17, 15) is 19.2 Å². The van der Waals surface area contributed by atoms with Crippen molar-refractivity contribution in [3.8, 4) is 11.1 Å². The zero-order valence-corrected chi connectivity index (χ0v) is 38.9. The molecule has 0 radical (unpaired) electrons. The van der Waals surface area contributed by atoms with E-state index in [2.05, 4.69) is 93.4 Å². The number of likely N-dealkylation sites (tertiary alicyclic amines) is 2. The lowest BCUT2D eigenvalue weighted by Crippen LogP contribution is -2.51. The molecule has 2 aromatic heterocycles. The molecule has 12 rings (SSSR count). The maximum atomic E-state index is 13.8. The Bertz CT molecular complexity index is 2710. The number of H-pyrrole nitrogens is 2. The molecule has 4 N–H and O–H groups in total. The number of fused-ring (bicyclic) bond motifs is 2. The fraction of sp³-hybridized carbons (Fsp3) is 0.462. The number of rotatable bonds is 10. The van der Waals surface area contributed by atoms with Gasteiger partial charge in [0.1, 0.15) is 23.7 Å². The van der Waals surface area contributed by atoms with E-state index < -0.39 is 24.3 Å². The number of carbonyl (C=O) groups excluding carboxylic acids is 4. The summed E-state index contributed by atoms with van der Waals surface area (Å²) in [5, 5.41) is 5.48. The van der Waals surface area contributed by atoms with E-state index in [-0.39, 0.29) is 41.7 Å². The summed E-state index contributed by atoms with van der Waals surface area (Å²) in [6.45, 7) is 8.90. The lowest BCUT2D eigenvalue weighted by atomic mass is 9.76. The number of carbonyl (C=O) groups is 4. The van der Waals surface area contributed by atoms with Gasteiger partial charge in [-0.25, -0.2) is 19.6 Å². The van der Waals surface area contributed by atoms with Crippen LogP contribution in [0.1, 0.15) is 113 Å². The first kappa shape index (κ1) is 44.7. The number of nitrogens with zero attached hydrogens (tertiary/aromatic N) is 4. The molecule has 0 saturated carbocycles. The van der Waals surface area contributed by atoms with Crippen LogP contribution in [-0.2, 0) is 31.9 Å². The standard InChI is InChI=1S/C52H62N8O6/c1-29(2)45(57-51(63)65-5)49(61)59-23-7-9-43(59)47-53-39-21-19-35(27-41(39)55-47)37-25-31-11-15-33(37)17-13-32-12-16-34(18-14-31)38(26-32)36-20-22-40-42(28-36)56-48(54-40)44-10-8-24-60(44)50(62)46(30(3)4)58-52(64)66-6/h11-12,15-16,19-22,25-30,33,37,43-46H,7-10,13-14,17-18,23-24H2,1-6H3,(H,53,55)(H,54,56)(H,57,63)(H,58,64). The van der Waals surface area contributed by atoms with Gasteiger partial charge in [-0.3, -0.25) is 9.59 Å². The van der Waals surface area contributed by atoms with Gasteiger partial charge in [0.2, 0.25) is 11.8 Å². The Labute approximate surface area is 386 Å². The summed E-state index contributed by atoms with van der Waals surface area (Å²) < 4.78 is 9.64. The van der Waals surface area contributed by atoms with E-state index in [1.807, 2.05) is 37.5 Å². The summed E-state index contributed by atoms with van der Waals surface area (Å²) in [5.41, 5.74) is 11.2. The summed E-state index contributed by atoms with van der Waals surface area (Å²) in [7, 11) is 2.61. The second kappa shape index (κ2) is 18.8. The van der Waals surface area contributed by atoms with Crippen LogP contribution in [0.4, 0.5) is 9.59 Å². The number of aryl methyl sites for hydroxylation is 2. The van der Waals surface area contributed by atoms with Gasteiger partial charge in [-0.1, -0.05) is 81.8 Å². The van der Waals surface area contributed by atoms with Crippen molar-refractivity contribution in [2.45, 2.75) is 109 Å². The van der Waals surface area contributed by atoms with Gasteiger partial charge in [0.15, 0.2) is 0 Å². The SMILES string of the molecule is COC(=O)NC(C(=O)N1CCCC1c1nc2ccc(-c3cc4ccc3CCC3=CC(c5ccc6nc(C7CCCN7C(=O)C(NC(=O)OC)C(C)C)[nH]c6c5)C(C=C3)CC4)cc2[nH]1)C(C)C. The Morgan fingerprint density at radius 2 is 1.29 bits per heavy atom. The maximum Gasteiger partial charge on any atom is 0.407 e. The minimum absolute atomic E-state index is 0.103. The third-order valence-corrected chi connectivity index (χ3v) is 14.2. The summed E-state index contributed by atoms with van der Waals surface area (Å²) in [6, 6.07) is 18.2. The Balaban J connectivity index is 0.929. The van der Waals surface area contributed by atoms with Crippen molar-refractivity contribution in [1.82, 2.24) is 40.4 Å². The lowest BCUT2D eigenvalue weighted by molar-refractivity contribution is -0.136. The summed E-state index contributed by atoms with van der Waals surface area (Å²) >= 11 is 0. The second-order valence-corrected chi connectivity index (χ2v) is 19.2. The minimum atomic E-state index is -0.689. The normalized spacial score (nSPS) is 21.5. The molecule has 2 saturated heterocycles. The molecular formula is C52H62N8O6. The van der Waals surface area contributed by atoms with Crippen molar-refractivity contribution in [1.29, 1.82) is 0 Å². The van der Waals surface area contributed by atoms with Gasteiger partial charge >= 0.3 is 12.2 Å². The Hall–Kier alpha value is -6.44. The molecule has 6 unspecified atom stereocenters. The number of nitrogens with one attached hydrogen (secondary N) is 4. The number of aromatic amines is 2. The predicted octanol–water partition coefficient (Wildman–Crippen LogP) is 8.97. The highest BCUT2D eigenvalue weighted by Crippen LogP contribution is 2.41. The largest absolute Gasteiger partial charge is 0.453 e. The summed E-state index contributed by atoms with van der Waals surface area (Å²) in [4.78, 5) is 72.7. The molecule has 14 nitrogen and oxygen atoms in total. The summed E-state index contributed by atoms with van der Waals surface area (Å²) in [6.07, 6.45) is 13.0. The van der Waals surface area contributed by atoms with Crippen molar-refractivity contribution >= 4 is 46.1 Å². The number of methoxy groups -OCH3 is 2. The molecule has 14 heteroatoms. The van der Waals surface area contributed by atoms with Crippen molar-refractivity contribution in [3.05, 3.63) is 107 Å². The molecule has 5 aliphatic carbocycles. The molecule has 4 heterocycles. The van der Waals surface area contributed by atoms with E-state index >= 15 is 0 Å². The van der Waals surface area contributed by atoms with Crippen LogP contribution in [0, 0.1) is 17.8 Å². The van der Waals surface area contributed by atoms with Crippen LogP contribution in [0.3, 0.4) is 0 Å². The van der Waals surface area contributed by atoms with Gasteiger partial charge in [0.05, 0.1) is 48.4 Å². The molecular weight excluding hydrogens is 833 g/mol. The van der Waals surface area contributed by atoms with Crippen molar-refractivity contribution < 1.29 is 28.7 Å². The van der Waals surface area contributed by atoms with Gasteiger partial charge < -0.3 is 39.9 Å². The highest BCUT2D eigenvalue weighted by atomic mass is 16.5. The molecule has 346 valence electrons. The number of hydrogen-bond donors (Lipinski definition) is 4. The number of alkyl carbamates (subject to hydrolysis) is 2. The second-order valence-electron chi connectivity index (χ2n) is 19.2. The monoisotopic (exact) mass is 894 g/mol. The third-order valence-electron chi connectivity index (χ3n) is 14.2. The minimum Gasteiger partial charge on any atom is -0.453 e. The molecule has 5 aromatic rings. The van der Waals surface area contributed by atoms with Gasteiger partial charge in [0, 0.05) is 19.0 Å². The topological polar surface area (TPSA) is 175 Å². The molecule has 0 spiro atoms. The molecule has 7 aliphatic rings. The van der Waals surface area contributed by atoms with Crippen LogP contribution < -0.4 is 10.6 Å². The van der Waals surface area contributed by atoms with E-state index in [0.29, 0.717) is 19.0 Å². The highest BCUT2D eigenvalue weighted by Gasteiger charge is 2.39. The average Bonchev–Trinajstić information content (AvgIpc) is 4.15. The third kappa shape index (κ3) is 8.93. The van der Waals surface area contributed by atoms with E-state index in [1.165, 1.54) is 42.0 Å². The average molecular weight is 895 g/mol. The molecule has 3 aromatic carbocycles. The Kier molecular flexibility index (Phi) is 12.8. The maximum absolute atomic E-state index is 13.8. The molecule has 4 amide bonds. The fourth-order valence-electron chi connectivity index (χ4n) is 10.6. The van der Waals surface area contributed by atoms with Crippen LogP contribution in [-0.4, -0.2) is 93.1 Å². The van der Waals surface area contributed by atoms with Crippen LogP contribution in [0.2, 0.25) is 0 Å². The zero-order valence-electron chi connectivity index (χ0n) is 38.9. The van der Waals surface area contributed by atoms with Crippen molar-refractivity contribution in [2.24, 2.45) is 17.8 Å². The van der Waals surface area contributed by atoms with Crippen molar-refractivity contribution in [3.63, 3.8) is 0 Å². The molecule has 2 aliphatic heterocycles. The highest BCUT2D eigenvalue weighted by molar-refractivity contribution is 5.88. The molecule has 6 atom stereocenters. The van der Waals surface area contributed by atoms with Crippen LogP contribution in [0.5, 0.6) is 0 Å². The number of amides is 4. The zero-order chi connectivity index (χ0) is 46.2. The number of aromatic nitrogens is 4. The van der Waals surface area contributed by atoms with E-state index in [1.54, 1.807) is 0 Å². The first-order chi connectivity index (χ1) is 31.9. The number of allylic oxidation sites excluding steroid dienone is 4. The van der Waals surface area contributed by atoms with E-state index in [4.69, 9.17) is 19.4 Å². The Morgan fingerprint density at radius 1 is 0.697 bits per heavy atom. The molecule has 4 bridgehead atoms. The smallest absolute Gasteiger partial charge is 0.407 e. The van der Waals surface area contributed by atoms with E-state index in [0.717, 1.165) is 90.6 Å². The van der Waals surface area contributed by atoms with Gasteiger partial charge in [0.25, 0.3) is 0 Å². The molecule has 66 heavy (non-hydrogen) atoms. The van der Waals surface area contributed by atoms with Crippen LogP contribution >= 0.6 is 0 Å². The first-order valence-corrected chi connectivity index (χ1v) is 23.7. The summed E-state index contributed by atoms with van der Waals surface area (Å²) in [5.74, 6) is 1.61. The molecule has 2 fully saturated rings. The Morgan fingerprint density at radius 3 is 1.88 bits per heavy atom. The number of imidazole rings is 2. The van der Waals surface area contributed by atoms with Gasteiger partial charge in [-0.15, -0.1) is 0 Å². The lowest BCUT2D eigenvalue weighted by Gasteiger charge is -2.29.